The number of fused-ring (bicyclic) bond motifs is 1. The molecule has 0 unspecified atom stereocenters. The summed E-state index contributed by atoms with van der Waals surface area (Å²) in [6, 6.07) is 10.8. The first-order chi connectivity index (χ1) is 17.4. The highest BCUT2D eigenvalue weighted by Crippen LogP contribution is 2.28. The molecule has 0 radical (unpaired) electrons. The number of ether oxygens (including phenoxy) is 3. The number of aromatic nitrogens is 4. The Labute approximate surface area is 205 Å². The molecule has 0 spiro atoms. The summed E-state index contributed by atoms with van der Waals surface area (Å²) in [5, 5.41) is 4.15. The monoisotopic (exact) mass is 490 g/mol. The minimum absolute atomic E-state index is 0.0410. The van der Waals surface area contributed by atoms with Crippen molar-refractivity contribution in [2.24, 2.45) is 0 Å². The number of rotatable bonds is 5. The smallest absolute Gasteiger partial charge is 0.360 e. The van der Waals surface area contributed by atoms with Gasteiger partial charge < -0.3 is 25.3 Å². The van der Waals surface area contributed by atoms with Crippen molar-refractivity contribution in [1.29, 1.82) is 0 Å². The molecule has 0 saturated heterocycles. The van der Waals surface area contributed by atoms with Crippen LogP contribution in [0.5, 0.6) is 5.75 Å². The van der Waals surface area contributed by atoms with E-state index in [1.54, 1.807) is 19.2 Å². The Morgan fingerprint density at radius 3 is 1.97 bits per heavy atom. The zero-order chi connectivity index (χ0) is 26.1. The number of carbonyl (C=O) groups is 3. The molecule has 2 aromatic carbocycles. The molecule has 0 bridgehead atoms. The summed E-state index contributed by atoms with van der Waals surface area (Å²) in [6.45, 7) is 0. The fourth-order valence-corrected chi connectivity index (χ4v) is 3.10. The number of nitrogens with one attached hydrogen (secondary N) is 1. The lowest BCUT2D eigenvalue weighted by molar-refractivity contribution is 0.0586. The van der Waals surface area contributed by atoms with Gasteiger partial charge in [0.15, 0.2) is 23.0 Å². The second-order valence-electron chi connectivity index (χ2n) is 6.84. The number of benzene rings is 2. The molecule has 4 aromatic rings. The molecular formula is C24H22N6O6. The van der Waals surface area contributed by atoms with Gasteiger partial charge in [0.1, 0.15) is 5.75 Å². The average Bonchev–Trinajstić information content (AvgIpc) is 2.92. The number of esters is 2. The number of amides is 1. The Morgan fingerprint density at radius 2 is 1.33 bits per heavy atom. The number of nitrogen functional groups attached to an aromatic ring is 1. The van der Waals surface area contributed by atoms with Gasteiger partial charge in [-0.15, -0.1) is 0 Å². The van der Waals surface area contributed by atoms with Gasteiger partial charge in [-0.2, -0.15) is 0 Å². The fraction of sp³-hybridized carbons (Fsp3) is 0.125. The maximum absolute atomic E-state index is 12.7. The molecule has 1 amide bonds. The maximum atomic E-state index is 12.7. The summed E-state index contributed by atoms with van der Waals surface area (Å²) in [7, 11) is 4.07. The van der Waals surface area contributed by atoms with Gasteiger partial charge in [-0.3, -0.25) is 4.79 Å². The maximum Gasteiger partial charge on any atom is 0.360 e. The molecule has 2 aromatic heterocycles. The highest BCUT2D eigenvalue weighted by Gasteiger charge is 2.19. The van der Waals surface area contributed by atoms with E-state index in [1.807, 2.05) is 24.3 Å². The van der Waals surface area contributed by atoms with Crippen molar-refractivity contribution in [2.75, 3.05) is 32.4 Å². The predicted octanol–water partition coefficient (Wildman–Crippen LogP) is 2.52. The first-order valence-corrected chi connectivity index (χ1v) is 10.3. The van der Waals surface area contributed by atoms with E-state index in [-0.39, 0.29) is 23.0 Å². The zero-order valence-electron chi connectivity index (χ0n) is 19.6. The number of methoxy groups -OCH3 is 3. The minimum atomic E-state index is -0.678. The first kappa shape index (κ1) is 25.5. The van der Waals surface area contributed by atoms with Crippen molar-refractivity contribution in [2.45, 2.75) is 0 Å². The van der Waals surface area contributed by atoms with Crippen LogP contribution in [0.25, 0.3) is 10.8 Å². The van der Waals surface area contributed by atoms with Crippen molar-refractivity contribution in [1.82, 2.24) is 19.9 Å². The molecule has 12 heteroatoms. The number of nitrogens with two attached hydrogens (primary N) is 1. The van der Waals surface area contributed by atoms with E-state index < -0.39 is 17.8 Å². The molecular weight excluding hydrogens is 468 g/mol. The van der Waals surface area contributed by atoms with Gasteiger partial charge in [0.05, 0.1) is 21.3 Å². The lowest BCUT2D eigenvalue weighted by atomic mass is 10.0. The first-order valence-electron chi connectivity index (χ1n) is 10.3. The molecule has 0 aliphatic heterocycles. The average molecular weight is 490 g/mol. The Hall–Kier alpha value is -5.13. The molecule has 4 rings (SSSR count). The van der Waals surface area contributed by atoms with Crippen LogP contribution in [0.2, 0.25) is 0 Å². The largest absolute Gasteiger partial charge is 0.496 e. The Bertz CT molecular complexity index is 1410. The molecule has 0 aliphatic carbocycles. The van der Waals surface area contributed by atoms with Crippen LogP contribution in [-0.4, -0.2) is 59.1 Å². The van der Waals surface area contributed by atoms with Gasteiger partial charge in [0.2, 0.25) is 0 Å². The van der Waals surface area contributed by atoms with Gasteiger partial charge in [-0.25, -0.2) is 29.5 Å². The molecule has 0 saturated carbocycles. The van der Waals surface area contributed by atoms with Crippen molar-refractivity contribution < 1.29 is 28.6 Å². The Balaban J connectivity index is 0.000000275. The molecule has 184 valence electrons. The topological polar surface area (TPSA) is 169 Å². The number of hydrogen-bond donors (Lipinski definition) is 2. The molecule has 0 fully saturated rings. The van der Waals surface area contributed by atoms with Crippen LogP contribution in [0.15, 0.2) is 61.2 Å². The number of hydrogen-bond acceptors (Lipinski definition) is 11. The Morgan fingerprint density at radius 1 is 0.750 bits per heavy atom. The number of anilines is 2. The third-order valence-corrected chi connectivity index (χ3v) is 4.76. The number of carbonyl (C=O) groups excluding carboxylic acids is 3. The van der Waals surface area contributed by atoms with E-state index in [0.717, 1.165) is 10.8 Å². The third-order valence-electron chi connectivity index (χ3n) is 4.76. The van der Waals surface area contributed by atoms with E-state index in [4.69, 9.17) is 10.5 Å². The molecule has 2 heterocycles. The highest BCUT2D eigenvalue weighted by molar-refractivity contribution is 6.14. The van der Waals surface area contributed by atoms with Crippen LogP contribution in [0.4, 0.5) is 11.6 Å². The Kier molecular flexibility index (Phi) is 8.38. The second kappa shape index (κ2) is 11.8. The van der Waals surface area contributed by atoms with Gasteiger partial charge in [0, 0.05) is 35.7 Å². The van der Waals surface area contributed by atoms with E-state index in [0.29, 0.717) is 11.3 Å². The van der Waals surface area contributed by atoms with Crippen LogP contribution in [0.1, 0.15) is 31.3 Å². The standard InChI is InChI=1S/C18H15N3O4.C6H7N3O2/c1-24-14-8-7-13(11-5-3-4-6-12(11)14)17(22)21-16-15(18(23)25-2)19-9-10-20-16;1-11-6(10)4-5(7)9-3-2-8-4/h3-10H,1-2H3,(H,20,21,22);2-3H,1H3,(H2,7,9). The molecule has 0 atom stereocenters. The SMILES string of the molecule is COC(=O)c1nccnc1N.COC(=O)c1nccnc1NC(=O)c1ccc(OC)c2ccccc12. The van der Waals surface area contributed by atoms with E-state index in [1.165, 1.54) is 39.0 Å². The highest BCUT2D eigenvalue weighted by atomic mass is 16.5. The van der Waals surface area contributed by atoms with Crippen molar-refractivity contribution in [3.8, 4) is 5.75 Å². The molecule has 0 aliphatic rings. The van der Waals surface area contributed by atoms with Crippen LogP contribution in [-0.2, 0) is 9.47 Å². The quantitative estimate of drug-likeness (QED) is 0.394. The summed E-state index contributed by atoms with van der Waals surface area (Å²) < 4.78 is 14.4. The minimum Gasteiger partial charge on any atom is -0.496 e. The van der Waals surface area contributed by atoms with Crippen LogP contribution in [0.3, 0.4) is 0 Å². The summed E-state index contributed by atoms with van der Waals surface area (Å²) in [4.78, 5) is 50.6. The van der Waals surface area contributed by atoms with Gasteiger partial charge in [-0.05, 0) is 17.5 Å². The number of nitrogens with zero attached hydrogens (tertiary/aromatic N) is 4. The van der Waals surface area contributed by atoms with E-state index in [9.17, 15) is 14.4 Å². The third kappa shape index (κ3) is 5.67. The van der Waals surface area contributed by atoms with Gasteiger partial charge >= 0.3 is 11.9 Å². The summed E-state index contributed by atoms with van der Waals surface area (Å²) >= 11 is 0. The lowest BCUT2D eigenvalue weighted by Gasteiger charge is -2.11. The molecule has 36 heavy (non-hydrogen) atoms. The zero-order valence-corrected chi connectivity index (χ0v) is 19.6. The van der Waals surface area contributed by atoms with Crippen molar-refractivity contribution >= 4 is 40.3 Å². The normalized spacial score (nSPS) is 9.97. The summed E-state index contributed by atoms with van der Waals surface area (Å²) in [5.74, 6) is -0.872. The van der Waals surface area contributed by atoms with Gasteiger partial charge in [-0.1, -0.05) is 24.3 Å². The molecule has 3 N–H and O–H groups in total. The van der Waals surface area contributed by atoms with Crippen LogP contribution in [0, 0.1) is 0 Å². The second-order valence-corrected chi connectivity index (χ2v) is 6.84. The van der Waals surface area contributed by atoms with E-state index in [2.05, 4.69) is 34.7 Å². The van der Waals surface area contributed by atoms with Crippen molar-refractivity contribution in [3.63, 3.8) is 0 Å². The summed E-state index contributed by atoms with van der Waals surface area (Å²) in [6.07, 6.45) is 5.52. The lowest BCUT2D eigenvalue weighted by Crippen LogP contribution is -2.18. The van der Waals surface area contributed by atoms with Crippen molar-refractivity contribution in [3.05, 3.63) is 78.1 Å². The summed E-state index contributed by atoms with van der Waals surface area (Å²) in [5.41, 5.74) is 5.74. The molecule has 12 nitrogen and oxygen atoms in total. The van der Waals surface area contributed by atoms with Gasteiger partial charge in [0.25, 0.3) is 5.91 Å². The van der Waals surface area contributed by atoms with Crippen LogP contribution < -0.4 is 15.8 Å². The van der Waals surface area contributed by atoms with E-state index >= 15 is 0 Å². The fourth-order valence-electron chi connectivity index (χ4n) is 3.10. The van der Waals surface area contributed by atoms with Crippen LogP contribution >= 0.6 is 0 Å². The predicted molar refractivity (Wildman–Crippen MR) is 130 cm³/mol.